The number of halogens is 1. The summed E-state index contributed by atoms with van der Waals surface area (Å²) >= 11 is 6.09. The molecule has 6 heteroatoms. The predicted octanol–water partition coefficient (Wildman–Crippen LogP) is 3.78. The van der Waals surface area contributed by atoms with Gasteiger partial charge in [0.1, 0.15) is 5.82 Å². The van der Waals surface area contributed by atoms with Crippen LogP contribution >= 0.6 is 11.6 Å². The van der Waals surface area contributed by atoms with Gasteiger partial charge in [-0.05, 0) is 51.3 Å². The summed E-state index contributed by atoms with van der Waals surface area (Å²) in [7, 11) is 0. The third-order valence-electron chi connectivity index (χ3n) is 4.87. The summed E-state index contributed by atoms with van der Waals surface area (Å²) in [4.78, 5) is 32.2. The first kappa shape index (κ1) is 17.9. The first-order valence-corrected chi connectivity index (χ1v) is 9.40. The van der Waals surface area contributed by atoms with E-state index in [1.165, 1.54) is 0 Å². The molecule has 0 bridgehead atoms. The molecule has 0 N–H and O–H groups in total. The van der Waals surface area contributed by atoms with Crippen LogP contribution in [0.1, 0.15) is 51.9 Å². The monoisotopic (exact) mass is 361 g/mol. The Balaban J connectivity index is 2.16. The minimum absolute atomic E-state index is 0.0764. The smallest absolute Gasteiger partial charge is 0.261 e. The highest BCUT2D eigenvalue weighted by Gasteiger charge is 2.36. The van der Waals surface area contributed by atoms with Crippen LogP contribution < -0.4 is 5.56 Å². The Bertz CT molecular complexity index is 858. The van der Waals surface area contributed by atoms with Crippen molar-refractivity contribution in [3.8, 4) is 0 Å². The molecule has 1 aromatic carbocycles. The van der Waals surface area contributed by atoms with Gasteiger partial charge in [-0.3, -0.25) is 14.2 Å². The lowest BCUT2D eigenvalue weighted by molar-refractivity contribution is -0.135. The van der Waals surface area contributed by atoms with Crippen molar-refractivity contribution in [2.24, 2.45) is 5.92 Å². The van der Waals surface area contributed by atoms with Crippen molar-refractivity contribution in [2.45, 2.75) is 52.6 Å². The van der Waals surface area contributed by atoms with Gasteiger partial charge in [0.05, 0.1) is 16.9 Å². The van der Waals surface area contributed by atoms with E-state index in [2.05, 4.69) is 0 Å². The maximum atomic E-state index is 12.9. The lowest BCUT2D eigenvalue weighted by Crippen LogP contribution is -2.39. The second-order valence-corrected chi connectivity index (χ2v) is 6.94. The third-order valence-corrected chi connectivity index (χ3v) is 5.11. The molecular formula is C19H24ClN3O2. The Morgan fingerprint density at radius 3 is 2.64 bits per heavy atom. The van der Waals surface area contributed by atoms with E-state index in [1.807, 2.05) is 25.7 Å². The van der Waals surface area contributed by atoms with Gasteiger partial charge in [-0.25, -0.2) is 4.98 Å². The standard InChI is InChI=1S/C19H24ClN3O2/c1-4-16(22(5-2)18(24)12-7-8-12)17-21-15-11-13(20)9-10-14(15)19(25)23(17)6-3/h9-12,16H,4-8H2,1-3H3. The molecule has 1 unspecified atom stereocenters. The Morgan fingerprint density at radius 1 is 1.36 bits per heavy atom. The molecular weight excluding hydrogens is 338 g/mol. The minimum Gasteiger partial charge on any atom is -0.333 e. The lowest BCUT2D eigenvalue weighted by Gasteiger charge is -2.31. The van der Waals surface area contributed by atoms with Gasteiger partial charge >= 0.3 is 0 Å². The number of carbonyl (C=O) groups excluding carboxylic acids is 1. The van der Waals surface area contributed by atoms with Crippen LogP contribution in [0, 0.1) is 5.92 Å². The number of aromatic nitrogens is 2. The van der Waals surface area contributed by atoms with Crippen LogP contribution in [0.5, 0.6) is 0 Å². The molecule has 1 aliphatic carbocycles. The summed E-state index contributed by atoms with van der Waals surface area (Å²) in [6, 6.07) is 4.94. The number of hydrogen-bond acceptors (Lipinski definition) is 3. The minimum atomic E-state index is -0.200. The maximum Gasteiger partial charge on any atom is 0.261 e. The predicted molar refractivity (Wildman–Crippen MR) is 99.8 cm³/mol. The van der Waals surface area contributed by atoms with E-state index in [9.17, 15) is 9.59 Å². The molecule has 0 saturated heterocycles. The second-order valence-electron chi connectivity index (χ2n) is 6.50. The number of amides is 1. The fourth-order valence-corrected chi connectivity index (χ4v) is 3.57. The van der Waals surface area contributed by atoms with Gasteiger partial charge in [0.25, 0.3) is 5.56 Å². The van der Waals surface area contributed by atoms with Gasteiger partial charge in [-0.1, -0.05) is 18.5 Å². The SMILES string of the molecule is CCC(c1nc2cc(Cl)ccc2c(=O)n1CC)N(CC)C(=O)C1CC1. The molecule has 1 atom stereocenters. The summed E-state index contributed by atoms with van der Waals surface area (Å²) in [6.07, 6.45) is 2.64. The van der Waals surface area contributed by atoms with E-state index in [0.717, 1.165) is 12.8 Å². The van der Waals surface area contributed by atoms with Crippen molar-refractivity contribution < 1.29 is 4.79 Å². The van der Waals surface area contributed by atoms with Crippen molar-refractivity contribution in [3.63, 3.8) is 0 Å². The Hall–Kier alpha value is -1.88. The molecule has 25 heavy (non-hydrogen) atoms. The van der Waals surface area contributed by atoms with Crippen LogP contribution in [0.4, 0.5) is 0 Å². The van der Waals surface area contributed by atoms with Crippen LogP contribution in [-0.4, -0.2) is 26.9 Å². The first-order chi connectivity index (χ1) is 12.0. The van der Waals surface area contributed by atoms with Crippen LogP contribution in [0.15, 0.2) is 23.0 Å². The molecule has 1 saturated carbocycles. The molecule has 1 fully saturated rings. The van der Waals surface area contributed by atoms with Crippen molar-refractivity contribution in [1.82, 2.24) is 14.5 Å². The quantitative estimate of drug-likeness (QED) is 0.786. The summed E-state index contributed by atoms with van der Waals surface area (Å²) in [5.41, 5.74) is 0.512. The van der Waals surface area contributed by atoms with Gasteiger partial charge in [-0.2, -0.15) is 0 Å². The molecule has 1 heterocycles. The number of rotatable bonds is 6. The van der Waals surface area contributed by atoms with E-state index in [0.29, 0.717) is 41.3 Å². The molecule has 2 aromatic rings. The second kappa shape index (κ2) is 7.16. The first-order valence-electron chi connectivity index (χ1n) is 9.02. The average Bonchev–Trinajstić information content (AvgIpc) is 3.43. The van der Waals surface area contributed by atoms with Gasteiger partial charge in [0.2, 0.25) is 5.91 Å². The fraction of sp³-hybridized carbons (Fsp3) is 0.526. The zero-order valence-corrected chi connectivity index (χ0v) is 15.7. The number of fused-ring (bicyclic) bond motifs is 1. The van der Waals surface area contributed by atoms with Crippen LogP contribution in [0.2, 0.25) is 5.02 Å². The average molecular weight is 362 g/mol. The van der Waals surface area contributed by atoms with E-state index in [4.69, 9.17) is 16.6 Å². The van der Waals surface area contributed by atoms with Crippen molar-refractivity contribution in [1.29, 1.82) is 0 Å². The molecule has 0 spiro atoms. The number of benzene rings is 1. The van der Waals surface area contributed by atoms with E-state index < -0.39 is 0 Å². The van der Waals surface area contributed by atoms with Crippen LogP contribution in [0.25, 0.3) is 10.9 Å². The third kappa shape index (κ3) is 3.30. The highest BCUT2D eigenvalue weighted by molar-refractivity contribution is 6.31. The Kier molecular flexibility index (Phi) is 5.13. The molecule has 1 amide bonds. The molecule has 0 radical (unpaired) electrons. The van der Waals surface area contributed by atoms with Gasteiger partial charge in [0.15, 0.2) is 0 Å². The molecule has 0 aliphatic heterocycles. The molecule has 134 valence electrons. The zero-order valence-electron chi connectivity index (χ0n) is 15.0. The Labute approximate surface area is 152 Å². The topological polar surface area (TPSA) is 55.2 Å². The van der Waals surface area contributed by atoms with E-state index >= 15 is 0 Å². The lowest BCUT2D eigenvalue weighted by atomic mass is 10.1. The normalized spacial score (nSPS) is 15.4. The van der Waals surface area contributed by atoms with Gasteiger partial charge in [-0.15, -0.1) is 0 Å². The molecule has 5 nitrogen and oxygen atoms in total. The highest BCUT2D eigenvalue weighted by atomic mass is 35.5. The summed E-state index contributed by atoms with van der Waals surface area (Å²) < 4.78 is 1.69. The van der Waals surface area contributed by atoms with Gasteiger partial charge in [0, 0.05) is 24.0 Å². The summed E-state index contributed by atoms with van der Waals surface area (Å²) in [5, 5.41) is 1.11. The highest BCUT2D eigenvalue weighted by Crippen LogP contribution is 2.34. The van der Waals surface area contributed by atoms with E-state index in [-0.39, 0.29) is 23.4 Å². The van der Waals surface area contributed by atoms with Crippen molar-refractivity contribution in [2.75, 3.05) is 6.54 Å². The van der Waals surface area contributed by atoms with Crippen molar-refractivity contribution in [3.05, 3.63) is 39.4 Å². The van der Waals surface area contributed by atoms with E-state index in [1.54, 1.807) is 22.8 Å². The largest absolute Gasteiger partial charge is 0.333 e. The maximum absolute atomic E-state index is 12.9. The molecule has 1 aromatic heterocycles. The Morgan fingerprint density at radius 2 is 2.08 bits per heavy atom. The van der Waals surface area contributed by atoms with Crippen LogP contribution in [-0.2, 0) is 11.3 Å². The summed E-state index contributed by atoms with van der Waals surface area (Å²) in [5.74, 6) is 0.976. The molecule has 3 rings (SSSR count). The number of nitrogens with zero attached hydrogens (tertiary/aromatic N) is 3. The molecule has 1 aliphatic rings. The number of hydrogen-bond donors (Lipinski definition) is 0. The van der Waals surface area contributed by atoms with Crippen molar-refractivity contribution >= 4 is 28.4 Å². The number of carbonyl (C=O) groups is 1. The van der Waals surface area contributed by atoms with Gasteiger partial charge < -0.3 is 4.90 Å². The van der Waals surface area contributed by atoms with Crippen LogP contribution in [0.3, 0.4) is 0 Å². The zero-order chi connectivity index (χ0) is 18.1. The summed E-state index contributed by atoms with van der Waals surface area (Å²) in [6.45, 7) is 7.07. The fourth-order valence-electron chi connectivity index (χ4n) is 3.41.